The van der Waals surface area contributed by atoms with E-state index in [0.717, 1.165) is 24.2 Å². The van der Waals surface area contributed by atoms with Crippen LogP contribution in [-0.4, -0.2) is 90.8 Å². The molecule has 10 nitrogen and oxygen atoms in total. The van der Waals surface area contributed by atoms with Crippen molar-refractivity contribution >= 4 is 11.9 Å². The van der Waals surface area contributed by atoms with E-state index in [1.54, 1.807) is 21.0 Å². The molecule has 1 aromatic carbocycles. The summed E-state index contributed by atoms with van der Waals surface area (Å²) in [6.07, 6.45) is 6.70. The Balaban J connectivity index is 1.34. The molecule has 1 saturated carbocycles. The molecule has 2 fully saturated rings. The summed E-state index contributed by atoms with van der Waals surface area (Å²) in [5.74, 6) is 1.32. The van der Waals surface area contributed by atoms with Crippen LogP contribution in [0.3, 0.4) is 0 Å². The molecule has 244 valence electrons. The maximum Gasteiger partial charge on any atom is 0.333 e. The van der Waals surface area contributed by atoms with Crippen molar-refractivity contribution in [1.29, 1.82) is 0 Å². The number of hydrogen-bond acceptors (Lipinski definition) is 9. The second-order valence-electron chi connectivity index (χ2n) is 13.3. The van der Waals surface area contributed by atoms with E-state index < -0.39 is 28.9 Å². The zero-order valence-electron chi connectivity index (χ0n) is 26.9. The van der Waals surface area contributed by atoms with Crippen molar-refractivity contribution in [1.82, 2.24) is 10.2 Å². The Bertz CT molecular complexity index is 1250. The lowest BCUT2D eigenvalue weighted by Gasteiger charge is -2.63. The minimum atomic E-state index is -1.12. The molecule has 0 radical (unpaired) electrons. The van der Waals surface area contributed by atoms with Gasteiger partial charge in [-0.05, 0) is 90.0 Å². The third-order valence-corrected chi connectivity index (χ3v) is 10.3. The van der Waals surface area contributed by atoms with Crippen molar-refractivity contribution in [3.63, 3.8) is 0 Å². The van der Waals surface area contributed by atoms with Gasteiger partial charge in [0, 0.05) is 43.0 Å². The summed E-state index contributed by atoms with van der Waals surface area (Å²) in [6, 6.07) is 2.96. The Kier molecular flexibility index (Phi) is 9.94. The van der Waals surface area contributed by atoms with Crippen molar-refractivity contribution in [2.45, 2.75) is 102 Å². The van der Waals surface area contributed by atoms with Crippen molar-refractivity contribution in [3.05, 3.63) is 35.1 Å². The number of aryl methyl sites for hydroxylation is 1. The molecule has 1 spiro atoms. The van der Waals surface area contributed by atoms with Crippen molar-refractivity contribution in [2.24, 2.45) is 11.8 Å². The lowest BCUT2D eigenvalue weighted by Crippen LogP contribution is -2.72. The number of likely N-dealkylation sites (tertiary alicyclic amines) is 1. The number of rotatable bonds is 13. The first-order chi connectivity index (χ1) is 21.0. The second-order valence-corrected chi connectivity index (χ2v) is 13.3. The Morgan fingerprint density at radius 2 is 2.00 bits per heavy atom. The number of amides is 1. The van der Waals surface area contributed by atoms with E-state index in [9.17, 15) is 14.7 Å². The Morgan fingerprint density at radius 3 is 2.70 bits per heavy atom. The van der Waals surface area contributed by atoms with Crippen LogP contribution in [0, 0.1) is 18.8 Å². The Morgan fingerprint density at radius 1 is 1.23 bits per heavy atom. The number of aliphatic hydroxyl groups is 2. The number of hydrogen-bond donors (Lipinski definition) is 3. The second kappa shape index (κ2) is 13.4. The molecular formula is C34H50N2O8. The van der Waals surface area contributed by atoms with Crippen LogP contribution >= 0.6 is 0 Å². The number of methoxy groups -OCH3 is 1. The highest BCUT2D eigenvalue weighted by atomic mass is 16.5. The van der Waals surface area contributed by atoms with Gasteiger partial charge in [-0.2, -0.15) is 0 Å². The van der Waals surface area contributed by atoms with E-state index in [0.29, 0.717) is 55.5 Å². The van der Waals surface area contributed by atoms with Crippen molar-refractivity contribution in [3.8, 4) is 11.5 Å². The minimum Gasteiger partial charge on any atom is -0.493 e. The standard InChI is InChI=1S/C34H50N2O8/c1-21-9-12-28(41-5)31-30(21)33-15-16-36(18-25-10-11-25)24(4)34(33,40)14-13-27(26(33)20-43-31)44-32(39)23(3)35-29(38)8-6-7-17-42-22(2)19-37/h9,12-13,22-26,37,40H,6-8,10-11,14-20H2,1-5H3,(H,35,38)/t22?,23-,24+,26-,33+,34+/m0/s1. The molecule has 1 saturated heterocycles. The molecule has 0 aromatic heterocycles. The molecule has 4 aliphatic rings. The van der Waals surface area contributed by atoms with Crippen LogP contribution in [0.15, 0.2) is 24.0 Å². The Hall–Kier alpha value is -2.66. The van der Waals surface area contributed by atoms with E-state index >= 15 is 0 Å². The highest BCUT2D eigenvalue weighted by Crippen LogP contribution is 2.62. The highest BCUT2D eigenvalue weighted by molar-refractivity contribution is 5.84. The number of esters is 1. The Labute approximate surface area is 261 Å². The normalized spacial score (nSPS) is 29.2. The lowest BCUT2D eigenvalue weighted by molar-refractivity contribution is -0.173. The van der Waals surface area contributed by atoms with Crippen LogP contribution in [-0.2, 0) is 24.5 Å². The third-order valence-electron chi connectivity index (χ3n) is 10.3. The first-order valence-electron chi connectivity index (χ1n) is 16.3. The van der Waals surface area contributed by atoms with Gasteiger partial charge in [-0.3, -0.25) is 9.69 Å². The summed E-state index contributed by atoms with van der Waals surface area (Å²) in [5.41, 5.74) is 0.0880. The molecule has 2 heterocycles. The number of aliphatic hydroxyl groups excluding tert-OH is 1. The fraction of sp³-hybridized carbons (Fsp3) is 0.706. The predicted molar refractivity (Wildman–Crippen MR) is 164 cm³/mol. The van der Waals surface area contributed by atoms with Crippen molar-refractivity contribution in [2.75, 3.05) is 40.0 Å². The van der Waals surface area contributed by atoms with E-state index in [1.165, 1.54) is 12.8 Å². The van der Waals surface area contributed by atoms with E-state index in [4.69, 9.17) is 24.1 Å². The van der Waals surface area contributed by atoms with E-state index in [-0.39, 0.29) is 37.7 Å². The zero-order chi connectivity index (χ0) is 31.6. The van der Waals surface area contributed by atoms with Crippen LogP contribution in [0.5, 0.6) is 11.5 Å². The average Bonchev–Trinajstić information content (AvgIpc) is 3.83. The first-order valence-corrected chi connectivity index (χ1v) is 16.3. The SMILES string of the molecule is COc1ccc(C)c2c1OC[C@H]1C(OC(=O)[C@H](C)NC(=O)CCCCOC(C)CO)=CC[C@@]3(O)[C@@H](C)N(CC4CC4)CC[C@]213. The number of ether oxygens (including phenoxy) is 4. The molecule has 2 aliphatic heterocycles. The largest absolute Gasteiger partial charge is 0.493 e. The summed E-state index contributed by atoms with van der Waals surface area (Å²) in [7, 11) is 1.63. The number of nitrogens with one attached hydrogen (secondary N) is 1. The van der Waals surface area contributed by atoms with Gasteiger partial charge in [0.15, 0.2) is 11.5 Å². The molecule has 6 atom stereocenters. The van der Waals surface area contributed by atoms with Gasteiger partial charge in [0.05, 0.1) is 37.9 Å². The van der Waals surface area contributed by atoms with Gasteiger partial charge in [0.2, 0.25) is 5.91 Å². The molecule has 1 unspecified atom stereocenters. The molecule has 1 aromatic rings. The average molecular weight is 615 g/mol. The molecule has 0 bridgehead atoms. The van der Waals surface area contributed by atoms with Gasteiger partial charge in [-0.15, -0.1) is 0 Å². The predicted octanol–water partition coefficient (Wildman–Crippen LogP) is 3.39. The quantitative estimate of drug-likeness (QED) is 0.226. The van der Waals surface area contributed by atoms with E-state index in [1.807, 2.05) is 25.1 Å². The maximum absolute atomic E-state index is 13.3. The monoisotopic (exact) mass is 614 g/mol. The first kappa shape index (κ1) is 32.7. The van der Waals surface area contributed by atoms with Crippen LogP contribution in [0.4, 0.5) is 0 Å². The molecule has 10 heteroatoms. The fourth-order valence-electron chi connectivity index (χ4n) is 7.60. The zero-order valence-corrected chi connectivity index (χ0v) is 26.9. The fourth-order valence-corrected chi connectivity index (χ4v) is 7.60. The van der Waals surface area contributed by atoms with Gasteiger partial charge in [-0.1, -0.05) is 6.07 Å². The van der Waals surface area contributed by atoms with Gasteiger partial charge in [0.1, 0.15) is 11.8 Å². The third kappa shape index (κ3) is 6.10. The van der Waals surface area contributed by atoms with Crippen LogP contribution in [0.1, 0.15) is 76.8 Å². The van der Waals surface area contributed by atoms with Crippen LogP contribution in [0.2, 0.25) is 0 Å². The minimum absolute atomic E-state index is 0.0395. The molecule has 3 N–H and O–H groups in total. The van der Waals surface area contributed by atoms with Gasteiger partial charge in [0.25, 0.3) is 0 Å². The number of carbonyl (C=O) groups is 2. The topological polar surface area (TPSA) is 127 Å². The lowest BCUT2D eigenvalue weighted by atomic mass is 9.49. The number of benzene rings is 1. The molecule has 44 heavy (non-hydrogen) atoms. The summed E-state index contributed by atoms with van der Waals surface area (Å²) >= 11 is 0. The van der Waals surface area contributed by atoms with Crippen molar-refractivity contribution < 1.29 is 38.7 Å². The number of nitrogens with zero attached hydrogens (tertiary/aromatic N) is 1. The number of piperidine rings is 1. The van der Waals surface area contributed by atoms with Crippen LogP contribution < -0.4 is 14.8 Å². The number of fused-ring (bicyclic) bond motifs is 1. The summed E-state index contributed by atoms with van der Waals surface area (Å²) in [6.45, 7) is 10.1. The smallest absolute Gasteiger partial charge is 0.333 e. The van der Waals surface area contributed by atoms with Gasteiger partial charge >= 0.3 is 5.97 Å². The molecular weight excluding hydrogens is 564 g/mol. The highest BCUT2D eigenvalue weighted by Gasteiger charge is 2.67. The summed E-state index contributed by atoms with van der Waals surface area (Å²) in [4.78, 5) is 28.3. The van der Waals surface area contributed by atoms with Gasteiger partial charge < -0.3 is 34.5 Å². The summed E-state index contributed by atoms with van der Waals surface area (Å²) < 4.78 is 23.6. The maximum atomic E-state index is 13.3. The number of unbranched alkanes of at least 4 members (excludes halogenated alkanes) is 1. The molecule has 5 rings (SSSR count). The van der Waals surface area contributed by atoms with Crippen LogP contribution in [0.25, 0.3) is 0 Å². The molecule has 2 aliphatic carbocycles. The van der Waals surface area contributed by atoms with E-state index in [2.05, 4.69) is 17.1 Å². The number of carbonyl (C=O) groups excluding carboxylic acids is 2. The summed E-state index contributed by atoms with van der Waals surface area (Å²) in [5, 5.41) is 24.6. The molecule has 1 amide bonds. The van der Waals surface area contributed by atoms with Gasteiger partial charge in [-0.25, -0.2) is 4.79 Å².